The molecule has 0 rings (SSSR count). The second kappa shape index (κ2) is 6.81. The molecule has 1 radical (unpaired) electrons. The van der Waals surface area contributed by atoms with E-state index in [-0.39, 0.29) is 0 Å². The number of hydrogen-bond acceptors (Lipinski definition) is 1. The third-order valence-electron chi connectivity index (χ3n) is 1.40. The minimum absolute atomic E-state index is 0.839. The average molecular weight is 141 g/mol. The summed E-state index contributed by atoms with van der Waals surface area (Å²) < 4.78 is 5.36. The van der Waals surface area contributed by atoms with Crippen LogP contribution in [0.3, 0.4) is 0 Å². The molecule has 0 N–H and O–H groups in total. The highest BCUT2D eigenvalue weighted by molar-refractivity contribution is 4.69. The fourth-order valence-electron chi connectivity index (χ4n) is 0.576. The third-order valence-corrected chi connectivity index (χ3v) is 1.40. The van der Waals surface area contributed by atoms with Gasteiger partial charge in [-0.1, -0.05) is 13.0 Å². The van der Waals surface area contributed by atoms with Crippen LogP contribution >= 0.6 is 0 Å². The molecule has 0 aliphatic heterocycles. The molecule has 0 bridgehead atoms. The summed E-state index contributed by atoms with van der Waals surface area (Å²) >= 11 is 0. The van der Waals surface area contributed by atoms with Gasteiger partial charge in [-0.3, -0.25) is 0 Å². The largest absolute Gasteiger partial charge is 0.372 e. The first-order valence-electron chi connectivity index (χ1n) is 3.87. The van der Waals surface area contributed by atoms with E-state index in [0.29, 0.717) is 0 Å². The molecule has 10 heavy (non-hydrogen) atoms. The molecule has 0 aromatic rings. The lowest BCUT2D eigenvalue weighted by molar-refractivity contribution is 0.142. The molecule has 0 aliphatic rings. The molecule has 0 saturated heterocycles. The number of ether oxygens (including phenoxy) is 1. The Kier molecular flexibility index (Phi) is 6.61. The lowest BCUT2D eigenvalue weighted by Gasteiger charge is -2.07. The molecule has 59 valence electrons. The third kappa shape index (κ3) is 5.83. The molecule has 0 unspecified atom stereocenters. The molecule has 0 spiro atoms. The Morgan fingerprint density at radius 3 is 2.80 bits per heavy atom. The van der Waals surface area contributed by atoms with E-state index in [9.17, 15) is 0 Å². The van der Waals surface area contributed by atoms with Crippen LogP contribution in [0.4, 0.5) is 0 Å². The normalized spacial score (nSPS) is 10.3. The Hall–Kier alpha value is -0.300. The van der Waals surface area contributed by atoms with Gasteiger partial charge < -0.3 is 4.74 Å². The first kappa shape index (κ1) is 9.70. The van der Waals surface area contributed by atoms with E-state index in [2.05, 4.69) is 13.5 Å². The highest BCUT2D eigenvalue weighted by atomic mass is 16.5. The van der Waals surface area contributed by atoms with Gasteiger partial charge in [0, 0.05) is 6.61 Å². The van der Waals surface area contributed by atoms with Crippen molar-refractivity contribution in [3.63, 3.8) is 0 Å². The van der Waals surface area contributed by atoms with Crippen molar-refractivity contribution in [3.05, 3.63) is 18.8 Å². The molecular weight excluding hydrogens is 124 g/mol. The summed E-state index contributed by atoms with van der Waals surface area (Å²) in [6, 6.07) is 0. The maximum Gasteiger partial charge on any atom is 0.0937 e. The Bertz CT molecular complexity index is 78.8. The summed E-state index contributed by atoms with van der Waals surface area (Å²) in [4.78, 5) is 0. The Morgan fingerprint density at radius 2 is 2.30 bits per heavy atom. The van der Waals surface area contributed by atoms with Crippen molar-refractivity contribution in [1.29, 1.82) is 0 Å². The zero-order chi connectivity index (χ0) is 7.82. The standard InChI is InChI=1S/C9H17O/c1-4-6-7-8-10-9(3)5-2/h4H,1,5-8H2,2-3H3. The van der Waals surface area contributed by atoms with Crippen molar-refractivity contribution < 1.29 is 4.74 Å². The first-order chi connectivity index (χ1) is 4.81. The quantitative estimate of drug-likeness (QED) is 0.408. The summed E-state index contributed by atoms with van der Waals surface area (Å²) in [5, 5.41) is 0. The highest BCUT2D eigenvalue weighted by Crippen LogP contribution is 2.06. The second-order valence-corrected chi connectivity index (χ2v) is 2.33. The predicted molar refractivity (Wildman–Crippen MR) is 44.6 cm³/mol. The minimum atomic E-state index is 0.839. The van der Waals surface area contributed by atoms with Gasteiger partial charge in [-0.2, -0.15) is 0 Å². The molecule has 1 nitrogen and oxygen atoms in total. The predicted octanol–water partition coefficient (Wildman–Crippen LogP) is 2.93. The molecule has 0 atom stereocenters. The fraction of sp³-hybridized carbons (Fsp3) is 0.667. The van der Waals surface area contributed by atoms with Gasteiger partial charge in [0.25, 0.3) is 0 Å². The van der Waals surface area contributed by atoms with E-state index < -0.39 is 0 Å². The second-order valence-electron chi connectivity index (χ2n) is 2.33. The van der Waals surface area contributed by atoms with Crippen molar-refractivity contribution in [2.45, 2.75) is 33.1 Å². The van der Waals surface area contributed by atoms with Crippen molar-refractivity contribution in [2.24, 2.45) is 0 Å². The van der Waals surface area contributed by atoms with E-state index in [4.69, 9.17) is 4.74 Å². The van der Waals surface area contributed by atoms with E-state index in [1.807, 2.05) is 13.0 Å². The summed E-state index contributed by atoms with van der Waals surface area (Å²) in [6.07, 6.45) is 6.21. The van der Waals surface area contributed by atoms with Crippen LogP contribution in [0.2, 0.25) is 0 Å². The number of rotatable bonds is 6. The van der Waals surface area contributed by atoms with Crippen LogP contribution in [0.15, 0.2) is 12.7 Å². The van der Waals surface area contributed by atoms with Gasteiger partial charge in [-0.25, -0.2) is 0 Å². The van der Waals surface area contributed by atoms with Gasteiger partial charge in [0.05, 0.1) is 6.10 Å². The molecule has 0 heterocycles. The van der Waals surface area contributed by atoms with Gasteiger partial charge in [-0.15, -0.1) is 6.58 Å². The molecule has 0 amide bonds. The van der Waals surface area contributed by atoms with E-state index in [0.717, 1.165) is 32.0 Å². The summed E-state index contributed by atoms with van der Waals surface area (Å²) in [5.41, 5.74) is 0. The lowest BCUT2D eigenvalue weighted by atomic mass is 10.3. The Morgan fingerprint density at radius 1 is 1.60 bits per heavy atom. The summed E-state index contributed by atoms with van der Waals surface area (Å²) in [6.45, 7) is 8.60. The monoisotopic (exact) mass is 141 g/mol. The average Bonchev–Trinajstić information content (AvgIpc) is 1.98. The zero-order valence-electron chi connectivity index (χ0n) is 7.02. The maximum absolute atomic E-state index is 5.36. The van der Waals surface area contributed by atoms with Crippen LogP contribution in [-0.4, -0.2) is 6.61 Å². The van der Waals surface area contributed by atoms with Crippen LogP contribution in [0.5, 0.6) is 0 Å². The molecule has 0 fully saturated rings. The number of hydrogen-bond donors (Lipinski definition) is 0. The van der Waals surface area contributed by atoms with Crippen LogP contribution < -0.4 is 0 Å². The summed E-state index contributed by atoms with van der Waals surface area (Å²) in [7, 11) is 0. The minimum Gasteiger partial charge on any atom is -0.372 e. The first-order valence-corrected chi connectivity index (χ1v) is 3.87. The highest BCUT2D eigenvalue weighted by Gasteiger charge is 1.96. The van der Waals surface area contributed by atoms with Gasteiger partial charge in [0.2, 0.25) is 0 Å². The van der Waals surface area contributed by atoms with Gasteiger partial charge >= 0.3 is 0 Å². The molecule has 0 aromatic carbocycles. The molecule has 0 aliphatic carbocycles. The van der Waals surface area contributed by atoms with Crippen LogP contribution in [0.1, 0.15) is 33.1 Å². The smallest absolute Gasteiger partial charge is 0.0937 e. The van der Waals surface area contributed by atoms with Gasteiger partial charge in [0.1, 0.15) is 0 Å². The van der Waals surface area contributed by atoms with E-state index in [1.54, 1.807) is 0 Å². The summed E-state index contributed by atoms with van der Waals surface area (Å²) in [5.74, 6) is 0. The SMILES string of the molecule is C=CCCCO[C](C)CC. The lowest BCUT2D eigenvalue weighted by Crippen LogP contribution is -1.98. The van der Waals surface area contributed by atoms with Crippen molar-refractivity contribution in [1.82, 2.24) is 0 Å². The topological polar surface area (TPSA) is 9.23 Å². The Labute approximate surface area is 64.1 Å². The van der Waals surface area contributed by atoms with Gasteiger partial charge in [0.15, 0.2) is 0 Å². The van der Waals surface area contributed by atoms with Crippen molar-refractivity contribution in [3.8, 4) is 0 Å². The zero-order valence-corrected chi connectivity index (χ0v) is 7.02. The number of unbranched alkanes of at least 4 members (excludes halogenated alkanes) is 1. The maximum atomic E-state index is 5.36. The fourth-order valence-corrected chi connectivity index (χ4v) is 0.576. The van der Waals surface area contributed by atoms with Gasteiger partial charge in [-0.05, 0) is 26.2 Å². The number of allylic oxidation sites excluding steroid dienone is 1. The molecule has 0 saturated carbocycles. The van der Waals surface area contributed by atoms with Crippen molar-refractivity contribution in [2.75, 3.05) is 6.61 Å². The molecule has 0 aromatic heterocycles. The van der Waals surface area contributed by atoms with E-state index >= 15 is 0 Å². The Balaban J connectivity index is 2.95. The van der Waals surface area contributed by atoms with Crippen LogP contribution in [0, 0.1) is 6.10 Å². The molecular formula is C9H17O. The van der Waals surface area contributed by atoms with Crippen LogP contribution in [0.25, 0.3) is 0 Å². The van der Waals surface area contributed by atoms with E-state index in [1.165, 1.54) is 0 Å². The molecule has 1 heteroatoms. The van der Waals surface area contributed by atoms with Crippen molar-refractivity contribution >= 4 is 0 Å². The van der Waals surface area contributed by atoms with Crippen LogP contribution in [-0.2, 0) is 4.74 Å².